The Kier molecular flexibility index (Phi) is 0.976. The zero-order chi connectivity index (χ0) is 7.64. The normalized spacial score (nSPS) is 66.0. The van der Waals surface area contributed by atoms with Crippen LogP contribution in [0.25, 0.3) is 0 Å². The van der Waals surface area contributed by atoms with Gasteiger partial charge in [-0.25, -0.2) is 0 Å². The summed E-state index contributed by atoms with van der Waals surface area (Å²) in [6.45, 7) is 2.07. The Bertz CT molecular complexity index is 195. The van der Waals surface area contributed by atoms with Gasteiger partial charge in [-0.15, -0.1) is 0 Å². The first-order valence-electron chi connectivity index (χ1n) is 4.92. The lowest BCUT2D eigenvalue weighted by Gasteiger charge is -2.34. The van der Waals surface area contributed by atoms with Gasteiger partial charge in [0.25, 0.3) is 0 Å². The lowest BCUT2D eigenvalue weighted by atomic mass is 9.77. The highest BCUT2D eigenvalue weighted by Crippen LogP contribution is 2.63. The molecule has 2 bridgehead atoms. The fourth-order valence-corrected chi connectivity index (χ4v) is 4.10. The van der Waals surface area contributed by atoms with Crippen molar-refractivity contribution in [3.63, 3.8) is 0 Å². The Morgan fingerprint density at radius 3 is 2.73 bits per heavy atom. The molecule has 11 heavy (non-hydrogen) atoms. The van der Waals surface area contributed by atoms with Crippen molar-refractivity contribution in [2.45, 2.75) is 38.2 Å². The third-order valence-corrected chi connectivity index (χ3v) is 4.69. The summed E-state index contributed by atoms with van der Waals surface area (Å²) >= 11 is 0. The van der Waals surface area contributed by atoms with E-state index in [9.17, 15) is 5.11 Å². The largest absolute Gasteiger partial charge is 0.390 e. The zero-order valence-electron chi connectivity index (χ0n) is 7.09. The van der Waals surface area contributed by atoms with Crippen LogP contribution < -0.4 is 0 Å². The first kappa shape index (κ1) is 6.47. The van der Waals surface area contributed by atoms with Gasteiger partial charge in [-0.05, 0) is 56.3 Å². The molecule has 1 nitrogen and oxygen atoms in total. The molecule has 0 aromatic rings. The molecule has 3 saturated carbocycles. The van der Waals surface area contributed by atoms with Crippen LogP contribution in [0.5, 0.6) is 0 Å². The minimum absolute atomic E-state index is 0.280. The second-order valence-electron chi connectivity index (χ2n) is 5.00. The molecule has 0 heterocycles. The van der Waals surface area contributed by atoms with Gasteiger partial charge in [0.1, 0.15) is 0 Å². The van der Waals surface area contributed by atoms with Gasteiger partial charge < -0.3 is 5.11 Å². The van der Waals surface area contributed by atoms with Gasteiger partial charge in [0, 0.05) is 0 Å². The fraction of sp³-hybridized carbons (Fsp3) is 1.00. The smallest absolute Gasteiger partial charge is 0.0678 e. The third-order valence-electron chi connectivity index (χ3n) is 4.69. The third kappa shape index (κ3) is 0.581. The van der Waals surface area contributed by atoms with Gasteiger partial charge in [-0.3, -0.25) is 0 Å². The highest BCUT2D eigenvalue weighted by Gasteiger charge is 2.61. The summed E-state index contributed by atoms with van der Waals surface area (Å²) in [5, 5.41) is 10.2. The van der Waals surface area contributed by atoms with Gasteiger partial charge in [0.15, 0.2) is 0 Å². The monoisotopic (exact) mass is 152 g/mol. The van der Waals surface area contributed by atoms with E-state index in [2.05, 4.69) is 6.92 Å². The van der Waals surface area contributed by atoms with Crippen molar-refractivity contribution >= 4 is 0 Å². The minimum atomic E-state index is -0.280. The SMILES string of the molecule is C[C@@]1(O)[C@H]2C[C@H]3CC[C@@H]1[C@H]3C2. The molecule has 5 atom stereocenters. The number of hydrogen-bond acceptors (Lipinski definition) is 1. The Balaban J connectivity index is 2.04. The van der Waals surface area contributed by atoms with Gasteiger partial charge >= 0.3 is 0 Å². The van der Waals surface area contributed by atoms with Crippen molar-refractivity contribution in [1.82, 2.24) is 0 Å². The van der Waals surface area contributed by atoms with E-state index in [4.69, 9.17) is 0 Å². The predicted molar refractivity (Wildman–Crippen MR) is 43.1 cm³/mol. The standard InChI is InChI=1S/C10H16O/c1-10(11)7-4-6-2-3-9(10)8(6)5-7/h6-9,11H,2-5H2,1H3/t6-,7+,8+,9-,10-/m1/s1. The Morgan fingerprint density at radius 1 is 1.27 bits per heavy atom. The van der Waals surface area contributed by atoms with E-state index in [0.29, 0.717) is 11.8 Å². The lowest BCUT2D eigenvalue weighted by molar-refractivity contribution is -0.0376. The quantitative estimate of drug-likeness (QED) is 0.561. The highest BCUT2D eigenvalue weighted by molar-refractivity contribution is 5.11. The summed E-state index contributed by atoms with van der Waals surface area (Å²) in [5.41, 5.74) is -0.280. The summed E-state index contributed by atoms with van der Waals surface area (Å²) in [6.07, 6.45) is 5.37. The van der Waals surface area contributed by atoms with Crippen molar-refractivity contribution in [2.75, 3.05) is 0 Å². The summed E-state index contributed by atoms with van der Waals surface area (Å²) in [6, 6.07) is 0. The van der Waals surface area contributed by atoms with Crippen LogP contribution in [0.4, 0.5) is 0 Å². The summed E-state index contributed by atoms with van der Waals surface area (Å²) in [4.78, 5) is 0. The van der Waals surface area contributed by atoms with Crippen LogP contribution in [-0.2, 0) is 0 Å². The van der Waals surface area contributed by atoms with Crippen LogP contribution in [0.15, 0.2) is 0 Å². The molecule has 1 N–H and O–H groups in total. The fourth-order valence-electron chi connectivity index (χ4n) is 4.10. The number of rotatable bonds is 0. The van der Waals surface area contributed by atoms with Gasteiger partial charge in [-0.1, -0.05) is 0 Å². The lowest BCUT2D eigenvalue weighted by Crippen LogP contribution is -2.38. The first-order chi connectivity index (χ1) is 5.19. The van der Waals surface area contributed by atoms with Crippen molar-refractivity contribution in [3.8, 4) is 0 Å². The van der Waals surface area contributed by atoms with Crippen LogP contribution in [0.2, 0.25) is 0 Å². The number of hydrogen-bond donors (Lipinski definition) is 1. The predicted octanol–water partition coefficient (Wildman–Crippen LogP) is 1.80. The molecule has 0 aliphatic heterocycles. The Labute approximate surface area is 67.8 Å². The van der Waals surface area contributed by atoms with Crippen LogP contribution >= 0.6 is 0 Å². The molecule has 0 saturated heterocycles. The average Bonchev–Trinajstić information content (AvgIpc) is 2.41. The van der Waals surface area contributed by atoms with Crippen LogP contribution in [-0.4, -0.2) is 10.7 Å². The van der Waals surface area contributed by atoms with Gasteiger partial charge in [-0.2, -0.15) is 0 Å². The molecular weight excluding hydrogens is 136 g/mol. The molecule has 3 fully saturated rings. The summed E-state index contributed by atoms with van der Waals surface area (Å²) < 4.78 is 0. The van der Waals surface area contributed by atoms with Gasteiger partial charge in [0.2, 0.25) is 0 Å². The van der Waals surface area contributed by atoms with E-state index in [-0.39, 0.29) is 5.60 Å². The van der Waals surface area contributed by atoms with Crippen molar-refractivity contribution in [1.29, 1.82) is 0 Å². The zero-order valence-corrected chi connectivity index (χ0v) is 7.09. The van der Waals surface area contributed by atoms with E-state index in [0.717, 1.165) is 11.8 Å². The molecule has 0 amide bonds. The first-order valence-corrected chi connectivity index (χ1v) is 4.92. The summed E-state index contributed by atoms with van der Waals surface area (Å²) in [7, 11) is 0. The Morgan fingerprint density at radius 2 is 2.09 bits per heavy atom. The van der Waals surface area contributed by atoms with Crippen molar-refractivity contribution < 1.29 is 5.11 Å². The molecule has 62 valence electrons. The number of aliphatic hydroxyl groups is 1. The number of fused-ring (bicyclic) bond motifs is 1. The average molecular weight is 152 g/mol. The van der Waals surface area contributed by atoms with Crippen LogP contribution in [0.1, 0.15) is 32.6 Å². The summed E-state index contributed by atoms with van der Waals surface area (Å²) in [5.74, 6) is 3.25. The maximum atomic E-state index is 10.2. The van der Waals surface area contributed by atoms with Crippen LogP contribution in [0.3, 0.4) is 0 Å². The molecule has 0 aromatic heterocycles. The van der Waals surface area contributed by atoms with Crippen molar-refractivity contribution in [2.24, 2.45) is 23.7 Å². The molecular formula is C10H16O. The molecule has 3 aliphatic carbocycles. The molecule has 1 heteroatoms. The molecule has 0 spiro atoms. The van der Waals surface area contributed by atoms with Gasteiger partial charge in [0.05, 0.1) is 5.60 Å². The maximum absolute atomic E-state index is 10.2. The van der Waals surface area contributed by atoms with E-state index in [1.165, 1.54) is 25.7 Å². The molecule has 0 radical (unpaired) electrons. The molecule has 0 unspecified atom stereocenters. The van der Waals surface area contributed by atoms with Crippen LogP contribution in [0, 0.1) is 23.7 Å². The van der Waals surface area contributed by atoms with E-state index >= 15 is 0 Å². The van der Waals surface area contributed by atoms with E-state index < -0.39 is 0 Å². The highest BCUT2D eigenvalue weighted by atomic mass is 16.3. The van der Waals surface area contributed by atoms with Crippen molar-refractivity contribution in [3.05, 3.63) is 0 Å². The Hall–Kier alpha value is -0.0400. The maximum Gasteiger partial charge on any atom is 0.0678 e. The molecule has 3 aliphatic rings. The van der Waals surface area contributed by atoms with E-state index in [1.807, 2.05) is 0 Å². The second kappa shape index (κ2) is 1.66. The molecule has 0 aromatic carbocycles. The second-order valence-corrected chi connectivity index (χ2v) is 5.00. The topological polar surface area (TPSA) is 20.2 Å². The minimum Gasteiger partial charge on any atom is -0.390 e. The molecule has 3 rings (SSSR count). The van der Waals surface area contributed by atoms with E-state index in [1.54, 1.807) is 0 Å².